The van der Waals surface area contributed by atoms with E-state index >= 15 is 0 Å². The van der Waals surface area contributed by atoms with Crippen molar-refractivity contribution >= 4 is 6.03 Å². The SMILES string of the molecule is CCN(CCO)C(=O)NCC1CCCCN1CC. The van der Waals surface area contributed by atoms with Crippen molar-refractivity contribution in [3.8, 4) is 0 Å². The Hall–Kier alpha value is -0.810. The van der Waals surface area contributed by atoms with Gasteiger partial charge in [-0.2, -0.15) is 0 Å². The number of likely N-dealkylation sites (N-methyl/N-ethyl adjacent to an activating group) is 2. The minimum Gasteiger partial charge on any atom is -0.395 e. The van der Waals surface area contributed by atoms with Gasteiger partial charge in [-0.1, -0.05) is 13.3 Å². The smallest absolute Gasteiger partial charge is 0.317 e. The van der Waals surface area contributed by atoms with Gasteiger partial charge in [0.25, 0.3) is 0 Å². The first-order valence-electron chi connectivity index (χ1n) is 7.10. The highest BCUT2D eigenvalue weighted by Crippen LogP contribution is 2.15. The fraction of sp³-hybridized carbons (Fsp3) is 0.923. The predicted molar refractivity (Wildman–Crippen MR) is 72.6 cm³/mol. The minimum atomic E-state index is -0.0619. The van der Waals surface area contributed by atoms with Crippen LogP contribution >= 0.6 is 0 Å². The van der Waals surface area contributed by atoms with Gasteiger partial charge in [0.15, 0.2) is 0 Å². The molecule has 1 unspecified atom stereocenters. The number of nitrogens with zero attached hydrogens (tertiary/aromatic N) is 2. The van der Waals surface area contributed by atoms with Gasteiger partial charge in [-0.25, -0.2) is 4.79 Å². The van der Waals surface area contributed by atoms with Crippen molar-refractivity contribution in [2.45, 2.75) is 39.2 Å². The van der Waals surface area contributed by atoms with Crippen LogP contribution in [0.3, 0.4) is 0 Å². The van der Waals surface area contributed by atoms with Crippen molar-refractivity contribution in [1.29, 1.82) is 0 Å². The van der Waals surface area contributed by atoms with Crippen LogP contribution in [0, 0.1) is 0 Å². The molecule has 2 N–H and O–H groups in total. The molecule has 0 aromatic carbocycles. The molecule has 1 rings (SSSR count). The lowest BCUT2D eigenvalue weighted by Crippen LogP contribution is -2.49. The molecule has 1 fully saturated rings. The van der Waals surface area contributed by atoms with Crippen molar-refractivity contribution in [1.82, 2.24) is 15.1 Å². The van der Waals surface area contributed by atoms with Gasteiger partial charge < -0.3 is 15.3 Å². The molecule has 18 heavy (non-hydrogen) atoms. The summed E-state index contributed by atoms with van der Waals surface area (Å²) in [5.74, 6) is 0. The van der Waals surface area contributed by atoms with Crippen LogP contribution in [0.4, 0.5) is 4.79 Å². The van der Waals surface area contributed by atoms with Crippen molar-refractivity contribution in [2.24, 2.45) is 0 Å². The van der Waals surface area contributed by atoms with Crippen LogP contribution in [0.1, 0.15) is 33.1 Å². The molecule has 5 nitrogen and oxygen atoms in total. The summed E-state index contributed by atoms with van der Waals surface area (Å²) >= 11 is 0. The summed E-state index contributed by atoms with van der Waals surface area (Å²) in [7, 11) is 0. The number of aliphatic hydroxyl groups excluding tert-OH is 1. The molecule has 0 aromatic heterocycles. The van der Waals surface area contributed by atoms with E-state index in [4.69, 9.17) is 5.11 Å². The van der Waals surface area contributed by atoms with Crippen LogP contribution in [0.2, 0.25) is 0 Å². The Bertz CT molecular complexity index is 248. The van der Waals surface area contributed by atoms with Gasteiger partial charge in [-0.3, -0.25) is 4.90 Å². The molecule has 1 aliphatic heterocycles. The van der Waals surface area contributed by atoms with E-state index in [1.165, 1.54) is 19.3 Å². The van der Waals surface area contributed by atoms with Crippen LogP contribution < -0.4 is 5.32 Å². The normalized spacial score (nSPS) is 20.7. The maximum absolute atomic E-state index is 11.9. The van der Waals surface area contributed by atoms with E-state index in [0.717, 1.165) is 13.1 Å². The monoisotopic (exact) mass is 257 g/mol. The Labute approximate surface area is 110 Å². The van der Waals surface area contributed by atoms with E-state index in [1.807, 2.05) is 6.92 Å². The number of rotatable bonds is 6. The van der Waals surface area contributed by atoms with E-state index in [-0.39, 0.29) is 12.6 Å². The van der Waals surface area contributed by atoms with Gasteiger partial charge in [0.1, 0.15) is 0 Å². The fourth-order valence-electron chi connectivity index (χ4n) is 2.55. The number of hydrogen-bond acceptors (Lipinski definition) is 3. The number of urea groups is 1. The highest BCUT2D eigenvalue weighted by atomic mass is 16.3. The van der Waals surface area contributed by atoms with Crippen molar-refractivity contribution < 1.29 is 9.90 Å². The number of carbonyl (C=O) groups excluding carboxylic acids is 1. The molecule has 1 atom stereocenters. The number of carbonyl (C=O) groups is 1. The third-order valence-corrected chi connectivity index (χ3v) is 3.68. The summed E-state index contributed by atoms with van der Waals surface area (Å²) in [6.45, 7) is 8.07. The van der Waals surface area contributed by atoms with Gasteiger partial charge in [-0.15, -0.1) is 0 Å². The number of aliphatic hydroxyl groups is 1. The van der Waals surface area contributed by atoms with Crippen LogP contribution in [0.15, 0.2) is 0 Å². The van der Waals surface area contributed by atoms with Crippen molar-refractivity contribution in [3.63, 3.8) is 0 Å². The maximum Gasteiger partial charge on any atom is 0.317 e. The van der Waals surface area contributed by atoms with Crippen molar-refractivity contribution in [3.05, 3.63) is 0 Å². The summed E-state index contributed by atoms with van der Waals surface area (Å²) in [4.78, 5) is 16.0. The quantitative estimate of drug-likeness (QED) is 0.743. The zero-order chi connectivity index (χ0) is 13.4. The highest BCUT2D eigenvalue weighted by Gasteiger charge is 2.22. The van der Waals surface area contributed by atoms with Gasteiger partial charge in [0.05, 0.1) is 6.61 Å². The van der Waals surface area contributed by atoms with Crippen LogP contribution in [-0.4, -0.2) is 66.3 Å². The summed E-state index contributed by atoms with van der Waals surface area (Å²) in [5, 5.41) is 11.9. The van der Waals surface area contributed by atoms with Crippen LogP contribution in [0.25, 0.3) is 0 Å². The summed E-state index contributed by atoms with van der Waals surface area (Å²) < 4.78 is 0. The zero-order valence-corrected chi connectivity index (χ0v) is 11.7. The van der Waals surface area contributed by atoms with Gasteiger partial charge in [0.2, 0.25) is 0 Å². The van der Waals surface area contributed by atoms with Gasteiger partial charge in [-0.05, 0) is 32.9 Å². The maximum atomic E-state index is 11.9. The molecular weight excluding hydrogens is 230 g/mol. The van der Waals surface area contributed by atoms with Crippen LogP contribution in [-0.2, 0) is 0 Å². The molecule has 0 aliphatic carbocycles. The molecule has 2 amide bonds. The first kappa shape index (κ1) is 15.2. The number of amides is 2. The minimum absolute atomic E-state index is 0.0196. The first-order valence-corrected chi connectivity index (χ1v) is 7.10. The van der Waals surface area contributed by atoms with E-state index in [1.54, 1.807) is 4.90 Å². The largest absolute Gasteiger partial charge is 0.395 e. The second kappa shape index (κ2) is 8.32. The number of piperidine rings is 1. The summed E-state index contributed by atoms with van der Waals surface area (Å²) in [6.07, 6.45) is 3.69. The predicted octanol–water partition coefficient (Wildman–Crippen LogP) is 0.885. The van der Waals surface area contributed by atoms with E-state index < -0.39 is 0 Å². The molecule has 5 heteroatoms. The topological polar surface area (TPSA) is 55.8 Å². The van der Waals surface area contributed by atoms with Crippen molar-refractivity contribution in [2.75, 3.05) is 39.3 Å². The van der Waals surface area contributed by atoms with E-state index in [2.05, 4.69) is 17.1 Å². The Morgan fingerprint density at radius 2 is 2.22 bits per heavy atom. The first-order chi connectivity index (χ1) is 8.72. The molecule has 106 valence electrons. The zero-order valence-electron chi connectivity index (χ0n) is 11.7. The summed E-state index contributed by atoms with van der Waals surface area (Å²) in [5.41, 5.74) is 0. The number of likely N-dealkylation sites (tertiary alicyclic amines) is 1. The van der Waals surface area contributed by atoms with Gasteiger partial charge >= 0.3 is 6.03 Å². The fourth-order valence-corrected chi connectivity index (χ4v) is 2.55. The third-order valence-electron chi connectivity index (χ3n) is 3.68. The highest BCUT2D eigenvalue weighted by molar-refractivity contribution is 5.74. The molecule has 0 bridgehead atoms. The Morgan fingerprint density at radius 3 is 2.83 bits per heavy atom. The third kappa shape index (κ3) is 4.46. The molecule has 1 heterocycles. The number of hydrogen-bond donors (Lipinski definition) is 2. The molecular formula is C13H27N3O2. The second-order valence-electron chi connectivity index (χ2n) is 4.77. The standard InChI is InChI=1S/C13H27N3O2/c1-3-15-8-6-5-7-12(15)11-14-13(18)16(4-2)9-10-17/h12,17H,3-11H2,1-2H3,(H,14,18). The summed E-state index contributed by atoms with van der Waals surface area (Å²) in [6, 6.07) is 0.411. The molecule has 1 aliphatic rings. The average Bonchev–Trinajstić information content (AvgIpc) is 2.42. The molecule has 1 saturated heterocycles. The molecule has 0 radical (unpaired) electrons. The molecule has 0 spiro atoms. The number of nitrogens with one attached hydrogen (secondary N) is 1. The van der Waals surface area contributed by atoms with E-state index in [0.29, 0.717) is 25.7 Å². The lowest BCUT2D eigenvalue weighted by molar-refractivity contribution is 0.145. The lowest BCUT2D eigenvalue weighted by Gasteiger charge is -2.35. The lowest BCUT2D eigenvalue weighted by atomic mass is 10.0. The molecule has 0 saturated carbocycles. The van der Waals surface area contributed by atoms with Crippen LogP contribution in [0.5, 0.6) is 0 Å². The van der Waals surface area contributed by atoms with Gasteiger partial charge in [0, 0.05) is 25.7 Å². The van der Waals surface area contributed by atoms with E-state index in [9.17, 15) is 4.79 Å². The Balaban J connectivity index is 2.35. The second-order valence-corrected chi connectivity index (χ2v) is 4.77. The molecule has 0 aromatic rings. The Kier molecular flexibility index (Phi) is 7.05. The Morgan fingerprint density at radius 1 is 1.44 bits per heavy atom. The average molecular weight is 257 g/mol.